The second kappa shape index (κ2) is 5.98. The summed E-state index contributed by atoms with van der Waals surface area (Å²) >= 11 is 3.04. The summed E-state index contributed by atoms with van der Waals surface area (Å²) < 4.78 is 58.6. The van der Waals surface area contributed by atoms with Crippen molar-refractivity contribution >= 4 is 31.6 Å². The highest BCUT2D eigenvalue weighted by Gasteiger charge is 2.21. The van der Waals surface area contributed by atoms with Crippen LogP contribution in [0.5, 0.6) is 5.75 Å². The van der Waals surface area contributed by atoms with Gasteiger partial charge in [-0.1, -0.05) is 15.9 Å². The fourth-order valence-electron chi connectivity index (χ4n) is 1.64. The third kappa shape index (κ3) is 3.51. The Bertz CT molecular complexity index is 781. The zero-order valence-corrected chi connectivity index (χ0v) is 13.1. The van der Waals surface area contributed by atoms with Gasteiger partial charge in [0.15, 0.2) is 0 Å². The minimum atomic E-state index is -4.15. The van der Waals surface area contributed by atoms with E-state index < -0.39 is 26.6 Å². The molecule has 8 heteroatoms. The summed E-state index contributed by atoms with van der Waals surface area (Å²) in [6.07, 6.45) is 0. The van der Waals surface area contributed by atoms with Crippen molar-refractivity contribution < 1.29 is 21.9 Å². The number of halogens is 3. The van der Waals surface area contributed by atoms with Crippen LogP contribution in [-0.2, 0) is 10.0 Å². The van der Waals surface area contributed by atoms with E-state index in [1.165, 1.54) is 19.2 Å². The molecule has 0 amide bonds. The predicted octanol–water partition coefficient (Wildman–Crippen LogP) is 3.54. The van der Waals surface area contributed by atoms with Gasteiger partial charge in [0.2, 0.25) is 0 Å². The van der Waals surface area contributed by atoms with Crippen LogP contribution in [0.4, 0.5) is 14.5 Å². The minimum Gasteiger partial charge on any atom is -0.494 e. The van der Waals surface area contributed by atoms with Crippen molar-refractivity contribution in [3.8, 4) is 5.75 Å². The zero-order chi connectivity index (χ0) is 15.6. The van der Waals surface area contributed by atoms with Crippen LogP contribution in [0.15, 0.2) is 45.8 Å². The largest absolute Gasteiger partial charge is 0.494 e. The lowest BCUT2D eigenvalue weighted by molar-refractivity contribution is 0.413. The van der Waals surface area contributed by atoms with E-state index in [9.17, 15) is 17.2 Å². The molecule has 0 fully saturated rings. The molecule has 0 atom stereocenters. The standard InChI is InChI=1S/C13H10BrF2NO3S/c1-20-12-7-9(15)3-4-11(12)17-21(18,19)13-5-2-8(14)6-10(13)16/h2-7,17H,1H3. The van der Waals surface area contributed by atoms with Gasteiger partial charge in [0, 0.05) is 10.5 Å². The molecular weight excluding hydrogens is 368 g/mol. The van der Waals surface area contributed by atoms with Gasteiger partial charge < -0.3 is 4.74 Å². The van der Waals surface area contributed by atoms with E-state index in [2.05, 4.69) is 20.7 Å². The Kier molecular flexibility index (Phi) is 4.48. The molecule has 0 aliphatic heterocycles. The molecule has 0 radical (unpaired) electrons. The van der Waals surface area contributed by atoms with Crippen molar-refractivity contribution in [3.05, 3.63) is 52.5 Å². The van der Waals surface area contributed by atoms with Crippen molar-refractivity contribution in [3.63, 3.8) is 0 Å². The second-order valence-electron chi connectivity index (χ2n) is 4.02. The van der Waals surface area contributed by atoms with Gasteiger partial charge in [-0.3, -0.25) is 4.72 Å². The average Bonchev–Trinajstić information content (AvgIpc) is 2.40. The molecule has 2 aromatic rings. The van der Waals surface area contributed by atoms with Crippen LogP contribution in [0.1, 0.15) is 0 Å². The van der Waals surface area contributed by atoms with Crippen LogP contribution in [0, 0.1) is 11.6 Å². The normalized spacial score (nSPS) is 11.2. The zero-order valence-electron chi connectivity index (χ0n) is 10.7. The van der Waals surface area contributed by atoms with E-state index in [-0.39, 0.29) is 11.4 Å². The van der Waals surface area contributed by atoms with Gasteiger partial charge in [-0.2, -0.15) is 0 Å². The Morgan fingerprint density at radius 3 is 2.48 bits per heavy atom. The first-order chi connectivity index (χ1) is 9.83. The molecule has 0 saturated carbocycles. The van der Waals surface area contributed by atoms with Crippen LogP contribution in [0.25, 0.3) is 0 Å². The third-order valence-electron chi connectivity index (χ3n) is 2.59. The molecule has 0 spiro atoms. The summed E-state index contributed by atoms with van der Waals surface area (Å²) in [7, 11) is -2.88. The second-order valence-corrected chi connectivity index (χ2v) is 6.59. The molecule has 21 heavy (non-hydrogen) atoms. The van der Waals surface area contributed by atoms with Gasteiger partial charge in [0.1, 0.15) is 22.3 Å². The van der Waals surface area contributed by atoms with Crippen LogP contribution in [0.3, 0.4) is 0 Å². The van der Waals surface area contributed by atoms with Crippen LogP contribution in [0.2, 0.25) is 0 Å². The molecule has 112 valence electrons. The van der Waals surface area contributed by atoms with E-state index in [0.29, 0.717) is 4.47 Å². The lowest BCUT2D eigenvalue weighted by Gasteiger charge is -2.12. The first-order valence-electron chi connectivity index (χ1n) is 5.65. The first kappa shape index (κ1) is 15.7. The summed E-state index contributed by atoms with van der Waals surface area (Å²) in [5.41, 5.74) is 0.0150. The monoisotopic (exact) mass is 377 g/mol. The lowest BCUT2D eigenvalue weighted by atomic mass is 10.3. The highest BCUT2D eigenvalue weighted by atomic mass is 79.9. The van der Waals surface area contributed by atoms with Gasteiger partial charge in [-0.15, -0.1) is 0 Å². The summed E-state index contributed by atoms with van der Waals surface area (Å²) in [6.45, 7) is 0. The van der Waals surface area contributed by atoms with Gasteiger partial charge in [-0.05, 0) is 30.3 Å². The number of nitrogens with one attached hydrogen (secondary N) is 1. The topological polar surface area (TPSA) is 55.4 Å². The molecule has 0 aliphatic rings. The van der Waals surface area contributed by atoms with E-state index in [1.807, 2.05) is 0 Å². The molecule has 0 bridgehead atoms. The fourth-order valence-corrected chi connectivity index (χ4v) is 3.11. The summed E-state index contributed by atoms with van der Waals surface area (Å²) in [5.74, 6) is -1.49. The van der Waals surface area contributed by atoms with Crippen LogP contribution >= 0.6 is 15.9 Å². The number of hydrogen-bond acceptors (Lipinski definition) is 3. The molecule has 4 nitrogen and oxygen atoms in total. The van der Waals surface area contributed by atoms with Crippen molar-refractivity contribution in [2.45, 2.75) is 4.90 Å². The molecule has 2 aromatic carbocycles. The van der Waals surface area contributed by atoms with Gasteiger partial charge in [0.05, 0.1) is 12.8 Å². The van der Waals surface area contributed by atoms with Crippen molar-refractivity contribution in [1.29, 1.82) is 0 Å². The van der Waals surface area contributed by atoms with Crippen molar-refractivity contribution in [2.24, 2.45) is 0 Å². The highest BCUT2D eigenvalue weighted by molar-refractivity contribution is 9.10. The lowest BCUT2D eigenvalue weighted by Crippen LogP contribution is -2.15. The number of sulfonamides is 1. The number of rotatable bonds is 4. The first-order valence-corrected chi connectivity index (χ1v) is 7.92. The van der Waals surface area contributed by atoms with Gasteiger partial charge in [0.25, 0.3) is 10.0 Å². The quantitative estimate of drug-likeness (QED) is 0.886. The molecule has 0 unspecified atom stereocenters. The number of anilines is 1. The van der Waals surface area contributed by atoms with Crippen molar-refractivity contribution in [2.75, 3.05) is 11.8 Å². The Morgan fingerprint density at radius 1 is 1.14 bits per heavy atom. The molecule has 0 aliphatic carbocycles. The highest BCUT2D eigenvalue weighted by Crippen LogP contribution is 2.28. The maximum absolute atomic E-state index is 13.8. The number of hydrogen-bond donors (Lipinski definition) is 1. The van der Waals surface area contributed by atoms with E-state index in [4.69, 9.17) is 4.74 Å². The van der Waals surface area contributed by atoms with Gasteiger partial charge in [-0.25, -0.2) is 17.2 Å². The predicted molar refractivity (Wildman–Crippen MR) is 77.9 cm³/mol. The van der Waals surface area contributed by atoms with Crippen LogP contribution < -0.4 is 9.46 Å². The summed E-state index contributed by atoms with van der Waals surface area (Å²) in [6, 6.07) is 6.85. The smallest absolute Gasteiger partial charge is 0.264 e. The molecule has 0 saturated heterocycles. The Morgan fingerprint density at radius 2 is 1.86 bits per heavy atom. The molecule has 0 heterocycles. The van der Waals surface area contributed by atoms with E-state index >= 15 is 0 Å². The number of ether oxygens (including phenoxy) is 1. The summed E-state index contributed by atoms with van der Waals surface area (Å²) in [5, 5.41) is 0. The number of methoxy groups -OCH3 is 1. The van der Waals surface area contributed by atoms with E-state index in [1.54, 1.807) is 0 Å². The Labute approximate surface area is 128 Å². The minimum absolute atomic E-state index is 0.00362. The maximum atomic E-state index is 13.8. The number of benzene rings is 2. The summed E-state index contributed by atoms with van der Waals surface area (Å²) in [4.78, 5) is -0.517. The molecule has 1 N–H and O–H groups in total. The third-order valence-corrected chi connectivity index (χ3v) is 4.48. The SMILES string of the molecule is COc1cc(F)ccc1NS(=O)(=O)c1ccc(Br)cc1F. The Hall–Kier alpha value is -1.67. The van der Waals surface area contributed by atoms with E-state index in [0.717, 1.165) is 24.3 Å². The van der Waals surface area contributed by atoms with Gasteiger partial charge >= 0.3 is 0 Å². The molecular formula is C13H10BrF2NO3S. The molecule has 0 aromatic heterocycles. The average molecular weight is 378 g/mol. The van der Waals surface area contributed by atoms with Crippen LogP contribution in [-0.4, -0.2) is 15.5 Å². The fraction of sp³-hybridized carbons (Fsp3) is 0.0769. The Balaban J connectivity index is 2.42. The molecule has 2 rings (SSSR count). The maximum Gasteiger partial charge on any atom is 0.264 e. The van der Waals surface area contributed by atoms with Crippen molar-refractivity contribution in [1.82, 2.24) is 0 Å².